The number of hydrogen-bond acceptors (Lipinski definition) is 5. The highest BCUT2D eigenvalue weighted by molar-refractivity contribution is 5.81. The Balaban J connectivity index is 1.96. The molecule has 0 saturated carbocycles. The first-order chi connectivity index (χ1) is 9.88. The van der Waals surface area contributed by atoms with E-state index < -0.39 is 0 Å². The Morgan fingerprint density at radius 2 is 1.75 bits per heavy atom. The van der Waals surface area contributed by atoms with Crippen LogP contribution in [0.1, 0.15) is 17.4 Å². The third kappa shape index (κ3) is 2.49. The molecule has 100 valence electrons. The van der Waals surface area contributed by atoms with Crippen LogP contribution in [0.5, 0.6) is 0 Å². The summed E-state index contributed by atoms with van der Waals surface area (Å²) in [7, 11) is 0. The lowest BCUT2D eigenvalue weighted by atomic mass is 10.0. The second-order valence-electron chi connectivity index (χ2n) is 4.52. The minimum Gasteiger partial charge on any atom is -0.271 e. The molecule has 0 spiro atoms. The molecule has 20 heavy (non-hydrogen) atoms. The lowest BCUT2D eigenvalue weighted by Crippen LogP contribution is -2.31. The molecule has 0 radical (unpaired) electrons. The summed E-state index contributed by atoms with van der Waals surface area (Å²) in [6.07, 6.45) is 5.97. The molecule has 0 amide bonds. The number of hydrogen-bond donors (Lipinski definition) is 2. The van der Waals surface area contributed by atoms with Gasteiger partial charge in [-0.05, 0) is 30.2 Å². The van der Waals surface area contributed by atoms with Gasteiger partial charge in [-0.1, -0.05) is 18.2 Å². The van der Waals surface area contributed by atoms with Crippen LogP contribution in [0, 0.1) is 0 Å². The van der Waals surface area contributed by atoms with Crippen molar-refractivity contribution in [2.24, 2.45) is 5.84 Å². The molecule has 0 saturated heterocycles. The standard InChI is InChI=1S/C15H15N5/c16-20-14(15-18-7-3-8-19-15)10-11-6-9-17-13-5-2-1-4-12(11)13/h1-9,14,20H,10,16H2. The molecule has 2 heterocycles. The third-order valence-electron chi connectivity index (χ3n) is 3.26. The number of nitrogens with zero attached hydrogens (tertiary/aromatic N) is 3. The highest BCUT2D eigenvalue weighted by atomic mass is 15.2. The molecule has 3 N–H and O–H groups in total. The van der Waals surface area contributed by atoms with E-state index in [9.17, 15) is 0 Å². The van der Waals surface area contributed by atoms with E-state index in [1.807, 2.05) is 30.5 Å². The van der Waals surface area contributed by atoms with Crippen molar-refractivity contribution < 1.29 is 0 Å². The van der Waals surface area contributed by atoms with Gasteiger partial charge in [0.15, 0.2) is 0 Å². The van der Waals surface area contributed by atoms with Crippen LogP contribution in [0.3, 0.4) is 0 Å². The van der Waals surface area contributed by atoms with Gasteiger partial charge in [-0.25, -0.2) is 15.4 Å². The minimum atomic E-state index is -0.123. The zero-order chi connectivity index (χ0) is 13.8. The SMILES string of the molecule is NNC(Cc1ccnc2ccccc12)c1ncccn1. The third-order valence-corrected chi connectivity index (χ3v) is 3.26. The molecule has 2 aromatic heterocycles. The van der Waals surface area contributed by atoms with Crippen molar-refractivity contribution in [2.45, 2.75) is 12.5 Å². The summed E-state index contributed by atoms with van der Waals surface area (Å²) in [5.74, 6) is 6.34. The van der Waals surface area contributed by atoms with Gasteiger partial charge in [0.1, 0.15) is 5.82 Å². The molecule has 1 aromatic carbocycles. The van der Waals surface area contributed by atoms with E-state index in [1.54, 1.807) is 18.5 Å². The number of hydrazine groups is 1. The predicted molar refractivity (Wildman–Crippen MR) is 77.5 cm³/mol. The Bertz CT molecular complexity index is 693. The van der Waals surface area contributed by atoms with Crippen LogP contribution in [0.4, 0.5) is 0 Å². The summed E-state index contributed by atoms with van der Waals surface area (Å²) in [5.41, 5.74) is 4.94. The number of aromatic nitrogens is 3. The molecule has 0 aliphatic heterocycles. The Hall–Kier alpha value is -2.37. The van der Waals surface area contributed by atoms with Crippen molar-refractivity contribution in [3.8, 4) is 0 Å². The van der Waals surface area contributed by atoms with E-state index in [4.69, 9.17) is 5.84 Å². The number of para-hydroxylation sites is 1. The highest BCUT2D eigenvalue weighted by Gasteiger charge is 2.14. The topological polar surface area (TPSA) is 76.7 Å². The normalized spacial score (nSPS) is 12.4. The van der Waals surface area contributed by atoms with Crippen molar-refractivity contribution in [3.05, 3.63) is 66.4 Å². The van der Waals surface area contributed by atoms with Crippen LogP contribution in [0.15, 0.2) is 55.0 Å². The zero-order valence-corrected chi connectivity index (χ0v) is 10.9. The molecule has 3 aromatic rings. The highest BCUT2D eigenvalue weighted by Crippen LogP contribution is 2.21. The molecule has 0 aliphatic carbocycles. The second kappa shape index (κ2) is 5.73. The van der Waals surface area contributed by atoms with Gasteiger partial charge in [0.25, 0.3) is 0 Å². The Labute approximate surface area is 116 Å². The fourth-order valence-corrected chi connectivity index (χ4v) is 2.27. The Morgan fingerprint density at radius 1 is 0.950 bits per heavy atom. The molecule has 5 nitrogen and oxygen atoms in total. The smallest absolute Gasteiger partial charge is 0.146 e. The van der Waals surface area contributed by atoms with Crippen molar-refractivity contribution in [1.29, 1.82) is 0 Å². The minimum absolute atomic E-state index is 0.123. The summed E-state index contributed by atoms with van der Waals surface area (Å²) >= 11 is 0. The first kappa shape index (κ1) is 12.7. The van der Waals surface area contributed by atoms with Gasteiger partial charge in [-0.2, -0.15) is 0 Å². The van der Waals surface area contributed by atoms with Gasteiger partial charge >= 0.3 is 0 Å². The molecule has 0 fully saturated rings. The predicted octanol–water partition coefficient (Wildman–Crippen LogP) is 1.77. The maximum Gasteiger partial charge on any atom is 0.146 e. The Kier molecular flexibility index (Phi) is 3.62. The van der Waals surface area contributed by atoms with Gasteiger partial charge in [0.05, 0.1) is 11.6 Å². The van der Waals surface area contributed by atoms with Gasteiger partial charge in [0, 0.05) is 24.0 Å². The summed E-state index contributed by atoms with van der Waals surface area (Å²) < 4.78 is 0. The van der Waals surface area contributed by atoms with Gasteiger partial charge in [0.2, 0.25) is 0 Å². The van der Waals surface area contributed by atoms with Gasteiger partial charge < -0.3 is 0 Å². The van der Waals surface area contributed by atoms with Crippen LogP contribution in [-0.2, 0) is 6.42 Å². The lowest BCUT2D eigenvalue weighted by Gasteiger charge is -2.15. The summed E-state index contributed by atoms with van der Waals surface area (Å²) in [6, 6.07) is 11.7. The fraction of sp³-hybridized carbons (Fsp3) is 0.133. The number of fused-ring (bicyclic) bond motifs is 1. The largest absolute Gasteiger partial charge is 0.271 e. The van der Waals surface area contributed by atoms with Crippen LogP contribution in [0.25, 0.3) is 10.9 Å². The molecule has 3 rings (SSSR count). The summed E-state index contributed by atoms with van der Waals surface area (Å²) in [4.78, 5) is 12.9. The van der Waals surface area contributed by atoms with E-state index in [0.717, 1.165) is 10.9 Å². The van der Waals surface area contributed by atoms with Gasteiger partial charge in [-0.3, -0.25) is 10.8 Å². The average Bonchev–Trinajstić information content (AvgIpc) is 2.53. The number of benzene rings is 1. The molecule has 5 heteroatoms. The van der Waals surface area contributed by atoms with E-state index >= 15 is 0 Å². The number of nitrogens with two attached hydrogens (primary N) is 1. The van der Waals surface area contributed by atoms with E-state index in [1.165, 1.54) is 5.56 Å². The van der Waals surface area contributed by atoms with Crippen LogP contribution in [0.2, 0.25) is 0 Å². The van der Waals surface area contributed by atoms with Crippen molar-refractivity contribution in [2.75, 3.05) is 0 Å². The molecule has 0 bridgehead atoms. The summed E-state index contributed by atoms with van der Waals surface area (Å²) in [6.45, 7) is 0. The number of pyridine rings is 1. The first-order valence-electron chi connectivity index (χ1n) is 6.44. The van der Waals surface area contributed by atoms with Gasteiger partial charge in [-0.15, -0.1) is 0 Å². The Morgan fingerprint density at radius 3 is 2.55 bits per heavy atom. The second-order valence-corrected chi connectivity index (χ2v) is 4.52. The quantitative estimate of drug-likeness (QED) is 0.555. The monoisotopic (exact) mass is 265 g/mol. The van der Waals surface area contributed by atoms with Crippen LogP contribution >= 0.6 is 0 Å². The maximum absolute atomic E-state index is 5.65. The molecular formula is C15H15N5. The molecule has 1 atom stereocenters. The maximum atomic E-state index is 5.65. The van der Waals surface area contributed by atoms with Crippen molar-refractivity contribution in [1.82, 2.24) is 20.4 Å². The van der Waals surface area contributed by atoms with E-state index in [0.29, 0.717) is 12.2 Å². The van der Waals surface area contributed by atoms with Crippen molar-refractivity contribution >= 4 is 10.9 Å². The molecule has 0 aliphatic rings. The van der Waals surface area contributed by atoms with Crippen LogP contribution < -0.4 is 11.3 Å². The molecule has 1 unspecified atom stereocenters. The van der Waals surface area contributed by atoms with Crippen molar-refractivity contribution in [3.63, 3.8) is 0 Å². The zero-order valence-electron chi connectivity index (χ0n) is 10.9. The summed E-state index contributed by atoms with van der Waals surface area (Å²) in [5, 5.41) is 1.13. The van der Waals surface area contributed by atoms with Crippen LogP contribution in [-0.4, -0.2) is 15.0 Å². The number of nitrogens with one attached hydrogen (secondary N) is 1. The molecular weight excluding hydrogens is 250 g/mol. The average molecular weight is 265 g/mol. The first-order valence-corrected chi connectivity index (χ1v) is 6.44. The lowest BCUT2D eigenvalue weighted by molar-refractivity contribution is 0.524. The number of rotatable bonds is 4. The van der Waals surface area contributed by atoms with E-state index in [2.05, 4.69) is 26.4 Å². The fourth-order valence-electron chi connectivity index (χ4n) is 2.27. The van der Waals surface area contributed by atoms with E-state index in [-0.39, 0.29) is 6.04 Å².